The van der Waals surface area contributed by atoms with Crippen LogP contribution in [0.3, 0.4) is 0 Å². The highest BCUT2D eigenvalue weighted by Gasteiger charge is 2.19. The van der Waals surface area contributed by atoms with Gasteiger partial charge < -0.3 is 10.6 Å². The first kappa shape index (κ1) is 11.6. The number of nitrogen functional groups attached to an aromatic ring is 1. The molecule has 0 aliphatic carbocycles. The van der Waals surface area contributed by atoms with Crippen LogP contribution in [0, 0.1) is 0 Å². The Morgan fingerprint density at radius 2 is 1.89 bits per heavy atom. The van der Waals surface area contributed by atoms with Gasteiger partial charge >= 0.3 is 0 Å². The van der Waals surface area contributed by atoms with Gasteiger partial charge in [-0.2, -0.15) is 0 Å². The molecule has 0 unspecified atom stereocenters. The van der Waals surface area contributed by atoms with Crippen LogP contribution in [0.15, 0.2) is 46.9 Å². The number of nitrogens with two attached hydrogens (primary N) is 1. The van der Waals surface area contributed by atoms with E-state index in [9.17, 15) is 0 Å². The van der Waals surface area contributed by atoms with Gasteiger partial charge in [0.2, 0.25) is 0 Å². The quantitative estimate of drug-likeness (QED) is 0.803. The smallest absolute Gasteiger partial charge is 0.0645 e. The third kappa shape index (κ3) is 1.99. The number of para-hydroxylation sites is 1. The molecule has 0 saturated carbocycles. The van der Waals surface area contributed by atoms with Crippen LogP contribution in [-0.2, 0) is 6.42 Å². The molecule has 3 rings (SSSR count). The molecule has 2 aromatic rings. The number of hydrogen-bond acceptors (Lipinski definition) is 2. The Bertz CT molecular complexity index is 580. The molecule has 2 N–H and O–H groups in total. The number of rotatable bonds is 1. The number of fused-ring (bicyclic) bond motifs is 1. The average molecular weight is 303 g/mol. The fraction of sp³-hybridized carbons (Fsp3) is 0.200. The first-order chi connectivity index (χ1) is 8.75. The van der Waals surface area contributed by atoms with Gasteiger partial charge in [0.25, 0.3) is 0 Å². The van der Waals surface area contributed by atoms with Crippen molar-refractivity contribution >= 4 is 33.0 Å². The summed E-state index contributed by atoms with van der Waals surface area (Å²) in [6.07, 6.45) is 2.33. The summed E-state index contributed by atoms with van der Waals surface area (Å²) in [5.41, 5.74) is 10.8. The van der Waals surface area contributed by atoms with Crippen molar-refractivity contribution in [3.05, 3.63) is 52.5 Å². The molecule has 0 amide bonds. The topological polar surface area (TPSA) is 29.3 Å². The van der Waals surface area contributed by atoms with Crippen LogP contribution >= 0.6 is 15.9 Å². The minimum atomic E-state index is 0.820. The van der Waals surface area contributed by atoms with E-state index in [-0.39, 0.29) is 0 Å². The summed E-state index contributed by atoms with van der Waals surface area (Å²) in [4.78, 5) is 2.32. The van der Waals surface area contributed by atoms with E-state index >= 15 is 0 Å². The largest absolute Gasteiger partial charge is 0.397 e. The molecule has 2 nitrogen and oxygen atoms in total. The summed E-state index contributed by atoms with van der Waals surface area (Å²) >= 11 is 3.45. The molecule has 1 aliphatic rings. The fourth-order valence-electron chi connectivity index (χ4n) is 2.56. The fourth-order valence-corrected chi connectivity index (χ4v) is 2.93. The molecule has 0 bridgehead atoms. The Hall–Kier alpha value is -1.48. The van der Waals surface area contributed by atoms with Gasteiger partial charge in [-0.1, -0.05) is 34.1 Å². The van der Waals surface area contributed by atoms with Crippen LogP contribution in [-0.4, -0.2) is 6.54 Å². The Kier molecular flexibility index (Phi) is 3.00. The van der Waals surface area contributed by atoms with E-state index in [1.165, 1.54) is 17.7 Å². The number of nitrogens with zero attached hydrogens (tertiary/aromatic N) is 1. The lowest BCUT2D eigenvalue weighted by atomic mass is 10.0. The molecule has 18 heavy (non-hydrogen) atoms. The highest BCUT2D eigenvalue weighted by Crippen LogP contribution is 2.37. The summed E-state index contributed by atoms with van der Waals surface area (Å²) in [5, 5.41) is 0. The highest BCUT2D eigenvalue weighted by molar-refractivity contribution is 9.10. The Morgan fingerprint density at radius 3 is 2.72 bits per heavy atom. The Labute approximate surface area is 116 Å². The van der Waals surface area contributed by atoms with Crippen LogP contribution < -0.4 is 10.6 Å². The van der Waals surface area contributed by atoms with Gasteiger partial charge in [-0.3, -0.25) is 0 Å². The summed E-state index contributed by atoms with van der Waals surface area (Å²) in [5.74, 6) is 0. The van der Waals surface area contributed by atoms with Gasteiger partial charge in [0.15, 0.2) is 0 Å². The van der Waals surface area contributed by atoms with E-state index in [2.05, 4.69) is 51.2 Å². The minimum absolute atomic E-state index is 0.820. The van der Waals surface area contributed by atoms with E-state index in [1.54, 1.807) is 0 Å². The maximum absolute atomic E-state index is 6.14. The Balaban J connectivity index is 2.08. The van der Waals surface area contributed by atoms with Crippen molar-refractivity contribution in [1.82, 2.24) is 0 Å². The molecular weight excluding hydrogens is 288 g/mol. The summed E-state index contributed by atoms with van der Waals surface area (Å²) in [6.45, 7) is 1.03. The van der Waals surface area contributed by atoms with Gasteiger partial charge in [-0.25, -0.2) is 0 Å². The maximum Gasteiger partial charge on any atom is 0.0645 e. The Morgan fingerprint density at radius 1 is 1.06 bits per heavy atom. The molecule has 92 valence electrons. The van der Waals surface area contributed by atoms with Crippen LogP contribution in [0.25, 0.3) is 0 Å². The van der Waals surface area contributed by atoms with E-state index in [1.807, 2.05) is 12.1 Å². The van der Waals surface area contributed by atoms with Crippen LogP contribution in [0.2, 0.25) is 0 Å². The van der Waals surface area contributed by atoms with Crippen LogP contribution in [0.1, 0.15) is 12.0 Å². The monoisotopic (exact) mass is 302 g/mol. The van der Waals surface area contributed by atoms with Gasteiger partial charge in [-0.05, 0) is 42.7 Å². The van der Waals surface area contributed by atoms with Gasteiger partial charge in [0.05, 0.1) is 11.4 Å². The number of hydrogen-bond donors (Lipinski definition) is 1. The molecule has 0 fully saturated rings. The first-order valence-electron chi connectivity index (χ1n) is 6.16. The molecule has 1 heterocycles. The van der Waals surface area contributed by atoms with Crippen LogP contribution in [0.5, 0.6) is 0 Å². The number of anilines is 3. The molecular formula is C15H15BrN2. The average Bonchev–Trinajstić information content (AvgIpc) is 2.38. The zero-order valence-corrected chi connectivity index (χ0v) is 11.7. The second kappa shape index (κ2) is 4.65. The first-order valence-corrected chi connectivity index (χ1v) is 6.95. The molecule has 1 aliphatic heterocycles. The SMILES string of the molecule is Nc1cc(Br)ccc1N1CCCc2ccccc21. The molecule has 0 saturated heterocycles. The van der Waals surface area contributed by atoms with E-state index in [0.29, 0.717) is 0 Å². The third-order valence-electron chi connectivity index (χ3n) is 3.39. The van der Waals surface area contributed by atoms with Crippen molar-refractivity contribution in [2.24, 2.45) is 0 Å². The summed E-state index contributed by atoms with van der Waals surface area (Å²) in [7, 11) is 0. The van der Waals surface area contributed by atoms with Gasteiger partial charge in [0.1, 0.15) is 0 Å². The van der Waals surface area contributed by atoms with Crippen molar-refractivity contribution in [3.8, 4) is 0 Å². The van der Waals surface area contributed by atoms with Crippen LogP contribution in [0.4, 0.5) is 17.1 Å². The number of halogens is 1. The van der Waals surface area contributed by atoms with Crippen molar-refractivity contribution in [1.29, 1.82) is 0 Å². The zero-order chi connectivity index (χ0) is 12.5. The van der Waals surface area contributed by atoms with E-state index < -0.39 is 0 Å². The van der Waals surface area contributed by atoms with E-state index in [0.717, 1.165) is 28.8 Å². The standard InChI is InChI=1S/C15H15BrN2/c16-12-7-8-15(13(17)10-12)18-9-3-5-11-4-1-2-6-14(11)18/h1-2,4,6-8,10H,3,5,9,17H2. The summed E-state index contributed by atoms with van der Waals surface area (Å²) < 4.78 is 1.02. The molecule has 0 aromatic heterocycles. The lowest BCUT2D eigenvalue weighted by Gasteiger charge is -2.32. The van der Waals surface area contributed by atoms with Gasteiger partial charge in [0, 0.05) is 16.7 Å². The summed E-state index contributed by atoms with van der Waals surface area (Å²) in [6, 6.07) is 14.7. The molecule has 0 radical (unpaired) electrons. The second-order valence-electron chi connectivity index (χ2n) is 4.59. The van der Waals surface area contributed by atoms with Gasteiger partial charge in [-0.15, -0.1) is 0 Å². The lowest BCUT2D eigenvalue weighted by Crippen LogP contribution is -2.25. The predicted octanol–water partition coefficient (Wildman–Crippen LogP) is 4.12. The minimum Gasteiger partial charge on any atom is -0.397 e. The highest BCUT2D eigenvalue weighted by atomic mass is 79.9. The normalized spacial score (nSPS) is 14.4. The van der Waals surface area contributed by atoms with Crippen molar-refractivity contribution in [2.45, 2.75) is 12.8 Å². The number of aryl methyl sites for hydroxylation is 1. The molecule has 2 aromatic carbocycles. The lowest BCUT2D eigenvalue weighted by molar-refractivity contribution is 0.767. The zero-order valence-electron chi connectivity index (χ0n) is 10.1. The van der Waals surface area contributed by atoms with E-state index in [4.69, 9.17) is 5.73 Å². The second-order valence-corrected chi connectivity index (χ2v) is 5.50. The molecule has 0 atom stereocenters. The maximum atomic E-state index is 6.14. The van der Waals surface area contributed by atoms with Crippen molar-refractivity contribution in [3.63, 3.8) is 0 Å². The predicted molar refractivity (Wildman–Crippen MR) is 80.3 cm³/mol. The third-order valence-corrected chi connectivity index (χ3v) is 3.88. The van der Waals surface area contributed by atoms with Crippen molar-refractivity contribution < 1.29 is 0 Å². The number of benzene rings is 2. The molecule has 3 heteroatoms. The van der Waals surface area contributed by atoms with Crippen molar-refractivity contribution in [2.75, 3.05) is 17.2 Å². The molecule has 0 spiro atoms.